The maximum absolute atomic E-state index is 6.11. The Hall–Kier alpha value is -2.83. The summed E-state index contributed by atoms with van der Waals surface area (Å²) in [7, 11) is 1.67. The number of methoxy groups -OCH3 is 1. The van der Waals surface area contributed by atoms with E-state index in [-0.39, 0.29) is 0 Å². The fraction of sp³-hybridized carbons (Fsp3) is 0.318. The zero-order valence-electron chi connectivity index (χ0n) is 16.1. The molecule has 0 spiro atoms. The van der Waals surface area contributed by atoms with E-state index in [0.717, 1.165) is 55.4 Å². The van der Waals surface area contributed by atoms with Crippen LogP contribution in [0.2, 0.25) is 0 Å². The number of rotatable bonds is 7. The highest BCUT2D eigenvalue weighted by Gasteiger charge is 2.15. The van der Waals surface area contributed by atoms with E-state index in [0.29, 0.717) is 12.5 Å². The van der Waals surface area contributed by atoms with Gasteiger partial charge in [-0.2, -0.15) is 0 Å². The van der Waals surface area contributed by atoms with Crippen LogP contribution < -0.4 is 9.47 Å². The Bertz CT molecular complexity index is 872. The van der Waals surface area contributed by atoms with Crippen molar-refractivity contribution in [3.63, 3.8) is 0 Å². The Kier molecular flexibility index (Phi) is 5.89. The summed E-state index contributed by atoms with van der Waals surface area (Å²) in [4.78, 5) is 2.35. The Morgan fingerprint density at radius 2 is 1.75 bits per heavy atom. The van der Waals surface area contributed by atoms with E-state index < -0.39 is 0 Å². The first kappa shape index (κ1) is 18.5. The summed E-state index contributed by atoms with van der Waals surface area (Å²) in [5.41, 5.74) is 3.01. The van der Waals surface area contributed by atoms with Crippen molar-refractivity contribution in [2.75, 3.05) is 46.6 Å². The fourth-order valence-electron chi connectivity index (χ4n) is 3.24. The number of hydrogen-bond acceptors (Lipinski definition) is 5. The van der Waals surface area contributed by atoms with Crippen molar-refractivity contribution in [2.24, 2.45) is 0 Å². The van der Waals surface area contributed by atoms with Crippen molar-refractivity contribution >= 4 is 0 Å². The molecule has 1 saturated heterocycles. The van der Waals surface area contributed by atoms with E-state index >= 15 is 0 Å². The van der Waals surface area contributed by atoms with Gasteiger partial charge in [0.05, 0.1) is 31.6 Å². The van der Waals surface area contributed by atoms with Gasteiger partial charge in [-0.1, -0.05) is 30.3 Å². The third kappa shape index (κ3) is 4.35. The van der Waals surface area contributed by atoms with Crippen LogP contribution in [0.1, 0.15) is 0 Å². The van der Waals surface area contributed by atoms with Crippen molar-refractivity contribution < 1.29 is 14.2 Å². The first-order valence-corrected chi connectivity index (χ1v) is 9.56. The quantitative estimate of drug-likeness (QED) is 0.631. The molecule has 6 nitrogen and oxygen atoms in total. The highest BCUT2D eigenvalue weighted by molar-refractivity contribution is 5.69. The molecule has 0 bridgehead atoms. The Labute approximate surface area is 165 Å². The van der Waals surface area contributed by atoms with Crippen LogP contribution in [-0.4, -0.2) is 61.2 Å². The molecule has 1 aliphatic rings. The predicted molar refractivity (Wildman–Crippen MR) is 108 cm³/mol. The maximum atomic E-state index is 6.11. The molecule has 1 aromatic heterocycles. The van der Waals surface area contributed by atoms with Gasteiger partial charge in [0.15, 0.2) is 0 Å². The summed E-state index contributed by atoms with van der Waals surface area (Å²) in [5, 5.41) is 4.70. The number of para-hydroxylation sites is 1. The molecule has 4 rings (SSSR count). The second kappa shape index (κ2) is 8.91. The number of aromatic nitrogens is 2. The molecular formula is C22H25N3O3. The molecule has 0 amide bonds. The topological polar surface area (TPSA) is 48.8 Å². The van der Waals surface area contributed by atoms with Gasteiger partial charge in [0.1, 0.15) is 12.4 Å². The minimum Gasteiger partial charge on any atom is -0.497 e. The van der Waals surface area contributed by atoms with Gasteiger partial charge in [-0.15, -0.1) is 5.10 Å². The zero-order valence-corrected chi connectivity index (χ0v) is 16.1. The van der Waals surface area contributed by atoms with Crippen molar-refractivity contribution in [1.29, 1.82) is 0 Å². The van der Waals surface area contributed by atoms with Crippen molar-refractivity contribution in [3.8, 4) is 28.4 Å². The number of hydrogen-bond donors (Lipinski definition) is 0. The number of nitrogens with zero attached hydrogens (tertiary/aromatic N) is 3. The maximum Gasteiger partial charge on any atom is 0.241 e. The average molecular weight is 379 g/mol. The standard InChI is InChI=1S/C22H25N3O3/c1-26-20-9-7-18(8-10-20)21-17-25(19-5-3-2-4-6-19)23-22(21)28-16-13-24-11-14-27-15-12-24/h2-10,17H,11-16H2,1H3. The molecule has 2 aromatic carbocycles. The summed E-state index contributed by atoms with van der Waals surface area (Å²) in [6.45, 7) is 4.94. The monoisotopic (exact) mass is 379 g/mol. The minimum atomic E-state index is 0.592. The smallest absolute Gasteiger partial charge is 0.241 e. The third-order valence-corrected chi connectivity index (χ3v) is 4.85. The highest BCUT2D eigenvalue weighted by atomic mass is 16.5. The highest BCUT2D eigenvalue weighted by Crippen LogP contribution is 2.31. The molecule has 28 heavy (non-hydrogen) atoms. The van der Waals surface area contributed by atoms with Gasteiger partial charge >= 0.3 is 0 Å². The lowest BCUT2D eigenvalue weighted by molar-refractivity contribution is 0.0320. The van der Waals surface area contributed by atoms with E-state index in [2.05, 4.69) is 4.90 Å². The Morgan fingerprint density at radius 3 is 2.46 bits per heavy atom. The molecule has 0 radical (unpaired) electrons. The lowest BCUT2D eigenvalue weighted by Gasteiger charge is -2.26. The summed E-state index contributed by atoms with van der Waals surface area (Å²) in [6, 6.07) is 18.0. The fourth-order valence-corrected chi connectivity index (χ4v) is 3.24. The van der Waals surface area contributed by atoms with Gasteiger partial charge < -0.3 is 14.2 Å². The third-order valence-electron chi connectivity index (χ3n) is 4.85. The van der Waals surface area contributed by atoms with E-state index in [1.54, 1.807) is 7.11 Å². The van der Waals surface area contributed by atoms with Gasteiger partial charge in [-0.05, 0) is 29.8 Å². The molecule has 0 aliphatic carbocycles. The number of ether oxygens (including phenoxy) is 3. The van der Waals surface area contributed by atoms with Crippen molar-refractivity contribution in [1.82, 2.24) is 14.7 Å². The van der Waals surface area contributed by atoms with Crippen LogP contribution >= 0.6 is 0 Å². The average Bonchev–Trinajstić information content (AvgIpc) is 3.19. The van der Waals surface area contributed by atoms with Crippen LogP contribution in [0.15, 0.2) is 60.8 Å². The van der Waals surface area contributed by atoms with Crippen molar-refractivity contribution in [2.45, 2.75) is 0 Å². The normalized spacial score (nSPS) is 14.8. The molecule has 1 aliphatic heterocycles. The van der Waals surface area contributed by atoms with Crippen LogP contribution in [0.5, 0.6) is 11.6 Å². The van der Waals surface area contributed by atoms with E-state index in [1.807, 2.05) is 65.5 Å². The van der Waals surface area contributed by atoms with Crippen LogP contribution in [-0.2, 0) is 4.74 Å². The van der Waals surface area contributed by atoms with Gasteiger partial charge in [0.2, 0.25) is 5.88 Å². The minimum absolute atomic E-state index is 0.592. The lowest BCUT2D eigenvalue weighted by atomic mass is 10.1. The molecule has 0 N–H and O–H groups in total. The Balaban J connectivity index is 1.56. The summed E-state index contributed by atoms with van der Waals surface area (Å²) < 4.78 is 18.7. The van der Waals surface area contributed by atoms with Crippen LogP contribution in [0, 0.1) is 0 Å². The predicted octanol–water partition coefficient (Wildman–Crippen LogP) is 3.26. The second-order valence-electron chi connectivity index (χ2n) is 6.66. The van der Waals surface area contributed by atoms with Crippen LogP contribution in [0.3, 0.4) is 0 Å². The summed E-state index contributed by atoms with van der Waals surface area (Å²) in [6.07, 6.45) is 2.02. The molecule has 0 atom stereocenters. The molecule has 2 heterocycles. The van der Waals surface area contributed by atoms with Gasteiger partial charge in [-0.25, -0.2) is 4.68 Å². The SMILES string of the molecule is COc1ccc(-c2cn(-c3ccccc3)nc2OCCN2CCOCC2)cc1. The molecule has 0 unspecified atom stereocenters. The number of benzene rings is 2. The molecule has 1 fully saturated rings. The van der Waals surface area contributed by atoms with Crippen molar-refractivity contribution in [3.05, 3.63) is 60.8 Å². The van der Waals surface area contributed by atoms with E-state index in [9.17, 15) is 0 Å². The lowest BCUT2D eigenvalue weighted by Crippen LogP contribution is -2.38. The molecule has 6 heteroatoms. The summed E-state index contributed by atoms with van der Waals surface area (Å²) in [5.74, 6) is 1.47. The Morgan fingerprint density at radius 1 is 1.00 bits per heavy atom. The van der Waals surface area contributed by atoms with Gasteiger partial charge in [0, 0.05) is 25.8 Å². The van der Waals surface area contributed by atoms with Gasteiger partial charge in [0.25, 0.3) is 0 Å². The van der Waals surface area contributed by atoms with Gasteiger partial charge in [-0.3, -0.25) is 4.90 Å². The van der Waals surface area contributed by atoms with Crippen LogP contribution in [0.4, 0.5) is 0 Å². The molecule has 3 aromatic rings. The second-order valence-corrected chi connectivity index (χ2v) is 6.66. The summed E-state index contributed by atoms with van der Waals surface area (Å²) >= 11 is 0. The van der Waals surface area contributed by atoms with E-state index in [1.165, 1.54) is 0 Å². The first-order chi connectivity index (χ1) is 13.8. The molecule has 146 valence electrons. The number of morpholine rings is 1. The van der Waals surface area contributed by atoms with Crippen LogP contribution in [0.25, 0.3) is 16.8 Å². The van der Waals surface area contributed by atoms with E-state index in [4.69, 9.17) is 19.3 Å². The largest absolute Gasteiger partial charge is 0.497 e. The molecular weight excluding hydrogens is 354 g/mol. The zero-order chi connectivity index (χ0) is 19.2. The first-order valence-electron chi connectivity index (χ1n) is 9.56. The molecule has 0 saturated carbocycles.